The van der Waals surface area contributed by atoms with Crippen molar-refractivity contribution in [1.29, 1.82) is 0 Å². The highest BCUT2D eigenvalue weighted by atomic mass is 32.1. The lowest BCUT2D eigenvalue weighted by atomic mass is 10.1. The summed E-state index contributed by atoms with van der Waals surface area (Å²) in [4.78, 5) is 18.5. The van der Waals surface area contributed by atoms with Crippen molar-refractivity contribution >= 4 is 22.4 Å². The van der Waals surface area contributed by atoms with E-state index in [-0.39, 0.29) is 0 Å². The minimum atomic E-state index is -0.416. The number of benzene rings is 1. The van der Waals surface area contributed by atoms with E-state index in [0.29, 0.717) is 5.56 Å². The number of anilines is 1. The van der Waals surface area contributed by atoms with Crippen molar-refractivity contribution < 1.29 is 4.79 Å². The number of aromatic nitrogens is 1. The lowest BCUT2D eigenvalue weighted by molar-refractivity contribution is 0.100. The van der Waals surface area contributed by atoms with E-state index in [0.717, 1.165) is 15.6 Å². The lowest BCUT2D eigenvalue weighted by Gasteiger charge is -2.06. The van der Waals surface area contributed by atoms with Crippen LogP contribution in [0.2, 0.25) is 0 Å². The van der Waals surface area contributed by atoms with Crippen molar-refractivity contribution in [2.24, 2.45) is 5.73 Å². The second-order valence-corrected chi connectivity index (χ2v) is 4.82. The predicted molar refractivity (Wildman–Crippen MR) is 70.4 cm³/mol. The fourth-order valence-electron chi connectivity index (χ4n) is 1.51. The Balaban J connectivity index is 2.49. The number of primary amides is 1. The van der Waals surface area contributed by atoms with Gasteiger partial charge in [0, 0.05) is 31.4 Å². The molecule has 0 saturated heterocycles. The molecule has 0 aliphatic rings. The number of carbonyl (C=O) groups is 1. The molecule has 0 aliphatic carbocycles. The summed E-state index contributed by atoms with van der Waals surface area (Å²) in [5.74, 6) is -0.416. The first-order chi connectivity index (χ1) is 8.09. The van der Waals surface area contributed by atoms with Crippen molar-refractivity contribution in [2.75, 3.05) is 19.0 Å². The molecule has 5 heteroatoms. The molecule has 0 radical (unpaired) electrons. The van der Waals surface area contributed by atoms with E-state index in [1.54, 1.807) is 18.3 Å². The molecule has 0 saturated carbocycles. The quantitative estimate of drug-likeness (QED) is 0.902. The average Bonchev–Trinajstić information content (AvgIpc) is 2.78. The highest BCUT2D eigenvalue weighted by Crippen LogP contribution is 2.32. The molecule has 0 aliphatic heterocycles. The molecule has 1 heterocycles. The first-order valence-corrected chi connectivity index (χ1v) is 5.93. The fraction of sp³-hybridized carbons (Fsp3) is 0.167. The van der Waals surface area contributed by atoms with Gasteiger partial charge in [-0.15, -0.1) is 0 Å². The Morgan fingerprint density at radius 3 is 2.65 bits per heavy atom. The van der Waals surface area contributed by atoms with Gasteiger partial charge in [-0.3, -0.25) is 4.79 Å². The molecule has 88 valence electrons. The van der Waals surface area contributed by atoms with Gasteiger partial charge in [0.25, 0.3) is 0 Å². The minimum absolute atomic E-state index is 0.416. The van der Waals surface area contributed by atoms with E-state index in [1.807, 2.05) is 31.1 Å². The molecule has 0 fully saturated rings. The van der Waals surface area contributed by atoms with Crippen LogP contribution in [-0.2, 0) is 0 Å². The average molecular weight is 247 g/mol. The molecule has 0 spiro atoms. The predicted octanol–water partition coefficient (Wildman–Crippen LogP) is 1.97. The van der Waals surface area contributed by atoms with Crippen LogP contribution >= 0.6 is 11.3 Å². The standard InChI is InChI=1S/C12H13N3OS/c1-15(2)12-14-7-10(17-12)8-5-3-4-6-9(8)11(13)16/h3-7H,1-2H3,(H2,13,16). The third-order valence-electron chi connectivity index (χ3n) is 2.33. The maximum atomic E-state index is 11.3. The molecule has 4 nitrogen and oxygen atoms in total. The van der Waals surface area contributed by atoms with Crippen LogP contribution in [0.3, 0.4) is 0 Å². The van der Waals surface area contributed by atoms with Crippen LogP contribution in [0.5, 0.6) is 0 Å². The summed E-state index contributed by atoms with van der Waals surface area (Å²) in [5.41, 5.74) is 6.72. The van der Waals surface area contributed by atoms with E-state index < -0.39 is 5.91 Å². The van der Waals surface area contributed by atoms with Crippen LogP contribution in [0.1, 0.15) is 10.4 Å². The molecule has 2 aromatic rings. The second kappa shape index (κ2) is 4.55. The van der Waals surface area contributed by atoms with E-state index in [1.165, 1.54) is 11.3 Å². The van der Waals surface area contributed by atoms with Crippen LogP contribution in [0.4, 0.5) is 5.13 Å². The Morgan fingerprint density at radius 1 is 1.35 bits per heavy atom. The van der Waals surface area contributed by atoms with Gasteiger partial charge >= 0.3 is 0 Å². The van der Waals surface area contributed by atoms with Crippen molar-refractivity contribution in [3.8, 4) is 10.4 Å². The van der Waals surface area contributed by atoms with Gasteiger partial charge in [0.05, 0.1) is 4.88 Å². The lowest BCUT2D eigenvalue weighted by Crippen LogP contribution is -2.11. The molecule has 2 rings (SSSR count). The zero-order chi connectivity index (χ0) is 12.4. The van der Waals surface area contributed by atoms with Crippen LogP contribution in [0, 0.1) is 0 Å². The molecular weight excluding hydrogens is 234 g/mol. The van der Waals surface area contributed by atoms with Crippen LogP contribution < -0.4 is 10.6 Å². The largest absolute Gasteiger partial charge is 0.366 e. The summed E-state index contributed by atoms with van der Waals surface area (Å²) in [6.07, 6.45) is 1.77. The third kappa shape index (κ3) is 2.29. The van der Waals surface area contributed by atoms with Gasteiger partial charge in [-0.25, -0.2) is 4.98 Å². The maximum Gasteiger partial charge on any atom is 0.249 e. The van der Waals surface area contributed by atoms with E-state index in [9.17, 15) is 4.79 Å². The number of carbonyl (C=O) groups excluding carboxylic acids is 1. The third-order valence-corrected chi connectivity index (χ3v) is 3.53. The molecule has 17 heavy (non-hydrogen) atoms. The summed E-state index contributed by atoms with van der Waals surface area (Å²) in [5, 5.41) is 0.902. The Hall–Kier alpha value is -1.88. The molecule has 2 N–H and O–H groups in total. The van der Waals surface area contributed by atoms with Crippen molar-refractivity contribution in [3.05, 3.63) is 36.0 Å². The zero-order valence-electron chi connectivity index (χ0n) is 9.68. The molecule has 1 aromatic heterocycles. The van der Waals surface area contributed by atoms with Gasteiger partial charge in [-0.2, -0.15) is 0 Å². The highest BCUT2D eigenvalue weighted by molar-refractivity contribution is 7.18. The summed E-state index contributed by atoms with van der Waals surface area (Å²) in [6, 6.07) is 7.30. The van der Waals surface area contributed by atoms with Gasteiger partial charge in [-0.05, 0) is 6.07 Å². The van der Waals surface area contributed by atoms with E-state index in [2.05, 4.69) is 4.98 Å². The molecule has 1 aromatic carbocycles. The number of rotatable bonds is 3. The molecular formula is C12H13N3OS. The first-order valence-electron chi connectivity index (χ1n) is 5.12. The van der Waals surface area contributed by atoms with Crippen molar-refractivity contribution in [1.82, 2.24) is 4.98 Å². The number of hydrogen-bond donors (Lipinski definition) is 1. The first kappa shape index (κ1) is 11.6. The molecule has 0 unspecified atom stereocenters. The molecule has 0 atom stereocenters. The Kier molecular flexibility index (Phi) is 3.10. The summed E-state index contributed by atoms with van der Waals surface area (Å²) in [7, 11) is 3.87. The van der Waals surface area contributed by atoms with Crippen molar-refractivity contribution in [2.45, 2.75) is 0 Å². The normalized spacial score (nSPS) is 10.2. The zero-order valence-corrected chi connectivity index (χ0v) is 10.5. The van der Waals surface area contributed by atoms with Crippen LogP contribution in [0.15, 0.2) is 30.5 Å². The highest BCUT2D eigenvalue weighted by Gasteiger charge is 2.12. The van der Waals surface area contributed by atoms with E-state index >= 15 is 0 Å². The molecule has 0 bridgehead atoms. The monoisotopic (exact) mass is 247 g/mol. The summed E-state index contributed by atoms with van der Waals surface area (Å²) < 4.78 is 0. The Morgan fingerprint density at radius 2 is 2.06 bits per heavy atom. The molecule has 1 amide bonds. The van der Waals surface area contributed by atoms with Crippen LogP contribution in [0.25, 0.3) is 10.4 Å². The Labute approximate surface area is 104 Å². The topological polar surface area (TPSA) is 59.2 Å². The number of hydrogen-bond acceptors (Lipinski definition) is 4. The van der Waals surface area contributed by atoms with E-state index in [4.69, 9.17) is 5.73 Å². The van der Waals surface area contributed by atoms with Crippen LogP contribution in [-0.4, -0.2) is 25.0 Å². The number of nitrogens with two attached hydrogens (primary N) is 1. The van der Waals surface area contributed by atoms with Gasteiger partial charge in [0.1, 0.15) is 0 Å². The number of amides is 1. The maximum absolute atomic E-state index is 11.3. The number of thiazole rings is 1. The fourth-order valence-corrected chi connectivity index (χ4v) is 2.39. The van der Waals surface area contributed by atoms with Crippen molar-refractivity contribution in [3.63, 3.8) is 0 Å². The minimum Gasteiger partial charge on any atom is -0.366 e. The SMILES string of the molecule is CN(C)c1ncc(-c2ccccc2C(N)=O)s1. The van der Waals surface area contributed by atoms with Gasteiger partial charge < -0.3 is 10.6 Å². The summed E-state index contributed by atoms with van der Waals surface area (Å²) >= 11 is 1.53. The van der Waals surface area contributed by atoms with Gasteiger partial charge in [0.2, 0.25) is 5.91 Å². The smallest absolute Gasteiger partial charge is 0.249 e. The number of nitrogens with zero attached hydrogens (tertiary/aromatic N) is 2. The van der Waals surface area contributed by atoms with Gasteiger partial charge in [-0.1, -0.05) is 29.5 Å². The second-order valence-electron chi connectivity index (χ2n) is 3.81. The summed E-state index contributed by atoms with van der Waals surface area (Å²) in [6.45, 7) is 0. The Bertz CT molecular complexity index is 548. The van der Waals surface area contributed by atoms with Gasteiger partial charge in [0.15, 0.2) is 5.13 Å².